The van der Waals surface area contributed by atoms with Gasteiger partial charge in [-0.1, -0.05) is 32.9 Å². The van der Waals surface area contributed by atoms with Gasteiger partial charge in [-0.15, -0.1) is 0 Å². The first-order valence-electron chi connectivity index (χ1n) is 7.82. The molecule has 0 saturated heterocycles. The van der Waals surface area contributed by atoms with Crippen LogP contribution in [0.25, 0.3) is 0 Å². The van der Waals surface area contributed by atoms with Crippen LogP contribution in [0.3, 0.4) is 0 Å². The van der Waals surface area contributed by atoms with Crippen molar-refractivity contribution in [3.63, 3.8) is 0 Å². The number of hydrogen-bond acceptors (Lipinski definition) is 2. The maximum atomic E-state index is 13.8. The fourth-order valence-electron chi connectivity index (χ4n) is 2.34. The Labute approximate surface area is 157 Å². The van der Waals surface area contributed by atoms with E-state index < -0.39 is 15.8 Å². The predicted octanol–water partition coefficient (Wildman–Crippen LogP) is 4.84. The van der Waals surface area contributed by atoms with Crippen molar-refractivity contribution in [3.05, 3.63) is 57.4 Å². The molecule has 130 valence electrons. The smallest absolute Gasteiger partial charge is 0.264 e. The van der Waals surface area contributed by atoms with Crippen molar-refractivity contribution in [2.75, 3.05) is 10.8 Å². The first-order valence-corrected chi connectivity index (χ1v) is 10.3. The third-order valence-electron chi connectivity index (χ3n) is 3.64. The van der Waals surface area contributed by atoms with Gasteiger partial charge in [0.05, 0.1) is 10.6 Å². The molecule has 0 N–H and O–H groups in total. The van der Waals surface area contributed by atoms with Crippen molar-refractivity contribution in [1.82, 2.24) is 0 Å². The summed E-state index contributed by atoms with van der Waals surface area (Å²) < 4.78 is 41.7. The van der Waals surface area contributed by atoms with E-state index in [0.29, 0.717) is 15.8 Å². The normalized spacial score (nSPS) is 11.8. The van der Waals surface area contributed by atoms with Gasteiger partial charge in [-0.05, 0) is 70.8 Å². The summed E-state index contributed by atoms with van der Waals surface area (Å²) in [6, 6.07) is 11.5. The van der Waals surface area contributed by atoms with E-state index in [1.54, 1.807) is 0 Å². The second-order valence-electron chi connectivity index (χ2n) is 6.03. The Hall–Kier alpha value is -1.15. The van der Waals surface area contributed by atoms with E-state index in [9.17, 15) is 12.8 Å². The highest BCUT2D eigenvalue weighted by molar-refractivity contribution is 14.1. The molecule has 0 spiro atoms. The first kappa shape index (κ1) is 19.2. The molecule has 0 fully saturated rings. The van der Waals surface area contributed by atoms with Gasteiger partial charge < -0.3 is 0 Å². The Morgan fingerprint density at radius 1 is 1.12 bits per heavy atom. The van der Waals surface area contributed by atoms with Crippen molar-refractivity contribution in [2.24, 2.45) is 5.92 Å². The third kappa shape index (κ3) is 4.27. The number of anilines is 1. The van der Waals surface area contributed by atoms with Crippen molar-refractivity contribution >= 4 is 38.3 Å². The molecule has 24 heavy (non-hydrogen) atoms. The molecule has 0 aliphatic heterocycles. The lowest BCUT2D eigenvalue weighted by atomic mass is 10.1. The zero-order valence-corrected chi connectivity index (χ0v) is 16.9. The standard InChI is InChI=1S/C18H21FINO2S/c1-4-14-5-7-15(8-6-14)21(12-13(2)3)24(22,23)16-9-10-18(20)17(19)11-16/h5-11,13H,4,12H2,1-3H3. The Kier molecular flexibility index (Phi) is 6.25. The number of sulfonamides is 1. The molecule has 0 atom stereocenters. The fraction of sp³-hybridized carbons (Fsp3) is 0.333. The Balaban J connectivity index is 2.50. The van der Waals surface area contributed by atoms with Crippen molar-refractivity contribution in [1.29, 1.82) is 0 Å². The second-order valence-corrected chi connectivity index (χ2v) is 9.05. The highest BCUT2D eigenvalue weighted by Gasteiger charge is 2.26. The second kappa shape index (κ2) is 7.82. The zero-order valence-electron chi connectivity index (χ0n) is 14.0. The number of halogens is 2. The van der Waals surface area contributed by atoms with Gasteiger partial charge in [0.25, 0.3) is 10.0 Å². The third-order valence-corrected chi connectivity index (χ3v) is 6.31. The van der Waals surface area contributed by atoms with Gasteiger partial charge >= 0.3 is 0 Å². The SMILES string of the molecule is CCc1ccc(N(CC(C)C)S(=O)(=O)c2ccc(I)c(F)c2)cc1. The van der Waals surface area contributed by atoms with E-state index in [1.807, 2.05) is 67.6 Å². The lowest BCUT2D eigenvalue weighted by Crippen LogP contribution is -2.34. The first-order chi connectivity index (χ1) is 11.3. The number of nitrogens with zero attached hydrogens (tertiary/aromatic N) is 1. The lowest BCUT2D eigenvalue weighted by molar-refractivity contribution is 0.574. The molecular formula is C18H21FINO2S. The highest BCUT2D eigenvalue weighted by atomic mass is 127. The predicted molar refractivity (Wildman–Crippen MR) is 104 cm³/mol. The molecule has 0 aliphatic rings. The van der Waals surface area contributed by atoms with Gasteiger partial charge in [0.2, 0.25) is 0 Å². The molecule has 0 aromatic heterocycles. The summed E-state index contributed by atoms with van der Waals surface area (Å²) in [6.07, 6.45) is 0.888. The van der Waals surface area contributed by atoms with Crippen LogP contribution in [0.5, 0.6) is 0 Å². The molecule has 0 amide bonds. The van der Waals surface area contributed by atoms with Crippen molar-refractivity contribution in [3.8, 4) is 0 Å². The van der Waals surface area contributed by atoms with Crippen LogP contribution in [0.4, 0.5) is 10.1 Å². The van der Waals surface area contributed by atoms with Crippen LogP contribution >= 0.6 is 22.6 Å². The maximum absolute atomic E-state index is 13.8. The van der Waals surface area contributed by atoms with Crippen LogP contribution < -0.4 is 4.31 Å². The average molecular weight is 461 g/mol. The van der Waals surface area contributed by atoms with Crippen molar-refractivity contribution < 1.29 is 12.8 Å². The monoisotopic (exact) mass is 461 g/mol. The van der Waals surface area contributed by atoms with E-state index >= 15 is 0 Å². The van der Waals surface area contributed by atoms with Crippen LogP contribution in [0.1, 0.15) is 26.3 Å². The summed E-state index contributed by atoms with van der Waals surface area (Å²) in [5.41, 5.74) is 1.74. The average Bonchev–Trinajstić information content (AvgIpc) is 2.55. The molecule has 6 heteroatoms. The minimum absolute atomic E-state index is 0.0272. The maximum Gasteiger partial charge on any atom is 0.264 e. The summed E-state index contributed by atoms with van der Waals surface area (Å²) in [7, 11) is -3.82. The molecule has 3 nitrogen and oxygen atoms in total. The largest absolute Gasteiger partial charge is 0.266 e. The quantitative estimate of drug-likeness (QED) is 0.578. The number of hydrogen-bond donors (Lipinski definition) is 0. The Bertz CT molecular complexity index is 804. The highest BCUT2D eigenvalue weighted by Crippen LogP contribution is 2.26. The van der Waals surface area contributed by atoms with Gasteiger partial charge in [0.1, 0.15) is 5.82 Å². The van der Waals surface area contributed by atoms with Gasteiger partial charge in [-0.2, -0.15) is 0 Å². The van der Waals surface area contributed by atoms with Crippen LogP contribution in [-0.4, -0.2) is 15.0 Å². The van der Waals surface area contributed by atoms with Crippen molar-refractivity contribution in [2.45, 2.75) is 32.1 Å². The minimum Gasteiger partial charge on any atom is -0.266 e. The van der Waals surface area contributed by atoms with E-state index in [0.717, 1.165) is 18.1 Å². The van der Waals surface area contributed by atoms with Crippen LogP contribution in [-0.2, 0) is 16.4 Å². The molecular weight excluding hydrogens is 440 g/mol. The van der Waals surface area contributed by atoms with E-state index in [4.69, 9.17) is 0 Å². The molecule has 2 aromatic rings. The molecule has 0 aliphatic carbocycles. The Morgan fingerprint density at radius 2 is 1.75 bits per heavy atom. The summed E-state index contributed by atoms with van der Waals surface area (Å²) in [5.74, 6) is -0.387. The summed E-state index contributed by atoms with van der Waals surface area (Å²) in [4.78, 5) is -0.0272. The van der Waals surface area contributed by atoms with Gasteiger partial charge in [0, 0.05) is 10.1 Å². The Morgan fingerprint density at radius 3 is 2.25 bits per heavy atom. The summed E-state index contributed by atoms with van der Waals surface area (Å²) >= 11 is 1.84. The lowest BCUT2D eigenvalue weighted by Gasteiger charge is -2.26. The minimum atomic E-state index is -3.82. The van der Waals surface area contributed by atoms with E-state index in [1.165, 1.54) is 16.4 Å². The van der Waals surface area contributed by atoms with Crippen LogP contribution in [0, 0.1) is 15.3 Å². The van der Waals surface area contributed by atoms with Gasteiger partial charge in [-0.25, -0.2) is 12.8 Å². The topological polar surface area (TPSA) is 37.4 Å². The number of aryl methyl sites for hydroxylation is 1. The number of rotatable bonds is 6. The molecule has 0 radical (unpaired) electrons. The molecule has 2 rings (SSSR count). The molecule has 0 unspecified atom stereocenters. The van der Waals surface area contributed by atoms with Crippen LogP contribution in [0.15, 0.2) is 47.4 Å². The van der Waals surface area contributed by atoms with E-state index in [-0.39, 0.29) is 10.8 Å². The molecule has 0 heterocycles. The molecule has 0 saturated carbocycles. The molecule has 0 bridgehead atoms. The molecule has 2 aromatic carbocycles. The number of benzene rings is 2. The van der Waals surface area contributed by atoms with E-state index in [2.05, 4.69) is 0 Å². The van der Waals surface area contributed by atoms with Crippen LogP contribution in [0.2, 0.25) is 0 Å². The zero-order chi connectivity index (χ0) is 17.9. The van der Waals surface area contributed by atoms with Gasteiger partial charge in [0.15, 0.2) is 0 Å². The fourth-order valence-corrected chi connectivity index (χ4v) is 4.31. The summed E-state index contributed by atoms with van der Waals surface area (Å²) in [6.45, 7) is 6.29. The summed E-state index contributed by atoms with van der Waals surface area (Å²) in [5, 5.41) is 0. The van der Waals surface area contributed by atoms with Gasteiger partial charge in [-0.3, -0.25) is 4.31 Å².